The Hall–Kier alpha value is -1.15. The van der Waals surface area contributed by atoms with Gasteiger partial charge in [-0.3, -0.25) is 4.78 Å². The SMILES string of the molecule is CN(C)N=C1C=CC(=NN(C)P)C=C1. The predicted octanol–water partition coefficient (Wildman–Crippen LogP) is 1.11. The molecule has 0 fully saturated rings. The minimum Gasteiger partial charge on any atom is -0.303 e. The summed E-state index contributed by atoms with van der Waals surface area (Å²) in [6.45, 7) is 0. The molecule has 0 bridgehead atoms. The third kappa shape index (κ3) is 3.71. The van der Waals surface area contributed by atoms with Gasteiger partial charge in [0.15, 0.2) is 0 Å². The summed E-state index contributed by atoms with van der Waals surface area (Å²) in [7, 11) is 8.14. The fourth-order valence-electron chi connectivity index (χ4n) is 0.999. The maximum absolute atomic E-state index is 4.25. The third-order valence-electron chi connectivity index (χ3n) is 1.44. The average molecular weight is 210 g/mol. The van der Waals surface area contributed by atoms with Crippen molar-refractivity contribution in [2.45, 2.75) is 0 Å². The van der Waals surface area contributed by atoms with Crippen LogP contribution in [0.4, 0.5) is 0 Å². The molecule has 0 aromatic heterocycles. The van der Waals surface area contributed by atoms with Crippen molar-refractivity contribution in [2.75, 3.05) is 21.1 Å². The Bertz CT molecular complexity index is 265. The van der Waals surface area contributed by atoms with Crippen LogP contribution in [0.5, 0.6) is 0 Å². The molecule has 0 saturated heterocycles. The number of hydrogen-bond acceptors (Lipinski definition) is 4. The molecule has 0 aliphatic heterocycles. The largest absolute Gasteiger partial charge is 0.303 e. The molecule has 0 radical (unpaired) electrons. The van der Waals surface area contributed by atoms with Gasteiger partial charge in [0, 0.05) is 21.1 Å². The molecule has 1 rings (SSSR count). The van der Waals surface area contributed by atoms with Crippen LogP contribution in [0.15, 0.2) is 34.5 Å². The average Bonchev–Trinajstić information content (AvgIpc) is 2.06. The lowest BCUT2D eigenvalue weighted by molar-refractivity contribution is 0.439. The second kappa shape index (κ2) is 4.91. The van der Waals surface area contributed by atoms with Crippen LogP contribution in [0, 0.1) is 0 Å². The fraction of sp³-hybridized carbons (Fsp3) is 0.333. The summed E-state index contributed by atoms with van der Waals surface area (Å²) in [5.41, 5.74) is 1.85. The van der Waals surface area contributed by atoms with Gasteiger partial charge in [0.05, 0.1) is 11.4 Å². The Morgan fingerprint density at radius 2 is 1.36 bits per heavy atom. The molecular formula is C9H15N4P. The van der Waals surface area contributed by atoms with Crippen LogP contribution in [-0.2, 0) is 0 Å². The Labute approximate surface area is 86.9 Å². The summed E-state index contributed by atoms with van der Waals surface area (Å²) in [4.78, 5) is 0. The van der Waals surface area contributed by atoms with Crippen molar-refractivity contribution < 1.29 is 0 Å². The Kier molecular flexibility index (Phi) is 3.84. The van der Waals surface area contributed by atoms with Crippen LogP contribution < -0.4 is 0 Å². The zero-order valence-electron chi connectivity index (χ0n) is 8.68. The van der Waals surface area contributed by atoms with E-state index in [0.717, 1.165) is 11.4 Å². The van der Waals surface area contributed by atoms with Crippen LogP contribution in [0.25, 0.3) is 0 Å². The first-order chi connectivity index (χ1) is 6.58. The van der Waals surface area contributed by atoms with E-state index in [9.17, 15) is 0 Å². The summed E-state index contributed by atoms with van der Waals surface area (Å²) >= 11 is 0. The monoisotopic (exact) mass is 210 g/mol. The number of allylic oxidation sites excluding steroid dienone is 4. The zero-order valence-corrected chi connectivity index (χ0v) is 9.83. The molecule has 1 aliphatic carbocycles. The third-order valence-corrected chi connectivity index (χ3v) is 1.55. The number of hydrazone groups is 2. The first kappa shape index (κ1) is 10.9. The molecule has 1 aliphatic rings. The molecule has 0 spiro atoms. The summed E-state index contributed by atoms with van der Waals surface area (Å²) < 4.78 is 1.69. The second-order valence-electron chi connectivity index (χ2n) is 3.14. The molecule has 0 saturated carbocycles. The van der Waals surface area contributed by atoms with Gasteiger partial charge in [-0.1, -0.05) is 0 Å². The van der Waals surface area contributed by atoms with Crippen LogP contribution in [0.3, 0.4) is 0 Å². The highest BCUT2D eigenvalue weighted by atomic mass is 31.0. The molecule has 0 aromatic carbocycles. The van der Waals surface area contributed by atoms with E-state index < -0.39 is 0 Å². The molecule has 14 heavy (non-hydrogen) atoms. The number of rotatable bonds is 2. The Morgan fingerprint density at radius 1 is 0.929 bits per heavy atom. The zero-order chi connectivity index (χ0) is 10.6. The quantitative estimate of drug-likeness (QED) is 0.388. The predicted molar refractivity (Wildman–Crippen MR) is 64.3 cm³/mol. The van der Waals surface area contributed by atoms with Crippen molar-refractivity contribution in [1.29, 1.82) is 0 Å². The lowest BCUT2D eigenvalue weighted by atomic mass is 10.1. The van der Waals surface area contributed by atoms with E-state index in [2.05, 4.69) is 19.6 Å². The van der Waals surface area contributed by atoms with Gasteiger partial charge in [0.1, 0.15) is 0 Å². The molecule has 0 aromatic rings. The van der Waals surface area contributed by atoms with Crippen LogP contribution in [0.2, 0.25) is 0 Å². The minimum atomic E-state index is 0.917. The van der Waals surface area contributed by atoms with Crippen molar-refractivity contribution in [2.24, 2.45) is 10.2 Å². The van der Waals surface area contributed by atoms with E-state index in [-0.39, 0.29) is 0 Å². The molecule has 0 N–H and O–H groups in total. The molecular weight excluding hydrogens is 195 g/mol. The molecule has 1 unspecified atom stereocenters. The molecule has 4 nitrogen and oxygen atoms in total. The van der Waals surface area contributed by atoms with Gasteiger partial charge in [0.25, 0.3) is 0 Å². The molecule has 0 heterocycles. The van der Waals surface area contributed by atoms with Crippen molar-refractivity contribution in [3.8, 4) is 0 Å². The lowest BCUT2D eigenvalue weighted by Crippen LogP contribution is -2.09. The van der Waals surface area contributed by atoms with E-state index in [0.29, 0.717) is 0 Å². The number of hydrogen-bond donors (Lipinski definition) is 0. The molecule has 5 heteroatoms. The maximum Gasteiger partial charge on any atom is 0.0836 e. The smallest absolute Gasteiger partial charge is 0.0836 e. The molecule has 76 valence electrons. The summed E-state index contributed by atoms with van der Waals surface area (Å²) in [5.74, 6) is 0. The Balaban J connectivity index is 2.71. The molecule has 1 atom stereocenters. The fourth-order valence-corrected chi connectivity index (χ4v) is 1.13. The Morgan fingerprint density at radius 3 is 1.71 bits per heavy atom. The summed E-state index contributed by atoms with van der Waals surface area (Å²) in [6.07, 6.45) is 7.74. The van der Waals surface area contributed by atoms with Crippen LogP contribution in [0.1, 0.15) is 0 Å². The topological polar surface area (TPSA) is 31.2 Å². The second-order valence-corrected chi connectivity index (χ2v) is 3.88. The van der Waals surface area contributed by atoms with Gasteiger partial charge in [0.2, 0.25) is 0 Å². The first-order valence-electron chi connectivity index (χ1n) is 4.27. The van der Waals surface area contributed by atoms with Crippen LogP contribution >= 0.6 is 9.39 Å². The van der Waals surface area contributed by atoms with E-state index in [4.69, 9.17) is 0 Å². The van der Waals surface area contributed by atoms with E-state index in [1.807, 2.05) is 45.4 Å². The van der Waals surface area contributed by atoms with Gasteiger partial charge >= 0.3 is 0 Å². The van der Waals surface area contributed by atoms with E-state index >= 15 is 0 Å². The van der Waals surface area contributed by atoms with Gasteiger partial charge in [-0.15, -0.1) is 0 Å². The van der Waals surface area contributed by atoms with E-state index in [1.54, 1.807) is 9.79 Å². The van der Waals surface area contributed by atoms with Gasteiger partial charge in [-0.05, 0) is 33.7 Å². The highest BCUT2D eigenvalue weighted by Gasteiger charge is 1.99. The van der Waals surface area contributed by atoms with E-state index in [1.165, 1.54) is 0 Å². The summed E-state index contributed by atoms with van der Waals surface area (Å²) in [5, 5.41) is 10.2. The minimum absolute atomic E-state index is 0.917. The highest BCUT2D eigenvalue weighted by Crippen LogP contribution is 2.01. The first-order valence-corrected chi connectivity index (χ1v) is 4.78. The van der Waals surface area contributed by atoms with Crippen LogP contribution in [-0.4, -0.2) is 42.4 Å². The maximum atomic E-state index is 4.25. The van der Waals surface area contributed by atoms with Crippen molar-refractivity contribution in [3.05, 3.63) is 24.3 Å². The van der Waals surface area contributed by atoms with Crippen molar-refractivity contribution in [1.82, 2.24) is 9.79 Å². The van der Waals surface area contributed by atoms with Gasteiger partial charge in [-0.25, -0.2) is 0 Å². The molecule has 0 amide bonds. The van der Waals surface area contributed by atoms with Gasteiger partial charge < -0.3 is 5.01 Å². The van der Waals surface area contributed by atoms with Gasteiger partial charge in [-0.2, -0.15) is 10.2 Å². The van der Waals surface area contributed by atoms with Crippen molar-refractivity contribution in [3.63, 3.8) is 0 Å². The normalized spacial score (nSPS) is 14.3. The standard InChI is InChI=1S/C9H15N4P/c1-12(2)10-8-4-6-9(7-5-8)11-13(3)14/h4-7H,14H2,1-3H3. The number of nitrogens with zero attached hydrogens (tertiary/aromatic N) is 4. The highest BCUT2D eigenvalue weighted by molar-refractivity contribution is 7.13. The van der Waals surface area contributed by atoms with Crippen molar-refractivity contribution >= 4 is 20.8 Å². The summed E-state index contributed by atoms with van der Waals surface area (Å²) in [6, 6.07) is 0. The lowest BCUT2D eigenvalue weighted by Gasteiger charge is -2.09.